The van der Waals surface area contributed by atoms with E-state index in [-0.39, 0.29) is 24.0 Å². The van der Waals surface area contributed by atoms with Gasteiger partial charge in [-0.15, -0.1) is 0 Å². The van der Waals surface area contributed by atoms with Crippen molar-refractivity contribution in [1.29, 1.82) is 0 Å². The first-order valence-electron chi connectivity index (χ1n) is 5.63. The van der Waals surface area contributed by atoms with Crippen molar-refractivity contribution in [2.75, 3.05) is 0 Å². The van der Waals surface area contributed by atoms with E-state index in [9.17, 15) is 4.79 Å². The Morgan fingerprint density at radius 2 is 2.19 bits per heavy atom. The van der Waals surface area contributed by atoms with E-state index < -0.39 is 0 Å². The van der Waals surface area contributed by atoms with Crippen LogP contribution >= 0.6 is 0 Å². The van der Waals surface area contributed by atoms with Gasteiger partial charge >= 0.3 is 0 Å². The third-order valence-corrected chi connectivity index (χ3v) is 3.01. The number of nitrogens with two attached hydrogens (primary N) is 1. The minimum atomic E-state index is -0.166. The summed E-state index contributed by atoms with van der Waals surface area (Å²) in [5, 5.41) is 0. The number of hydrogen-bond acceptors (Lipinski definition) is 3. The van der Waals surface area contributed by atoms with Crippen LogP contribution in [0.3, 0.4) is 0 Å². The Kier molecular flexibility index (Phi) is 2.76. The normalized spacial score (nSPS) is 25.8. The van der Waals surface area contributed by atoms with Crippen LogP contribution < -0.4 is 5.73 Å². The smallest absolute Gasteiger partial charge is 0.225 e. The maximum atomic E-state index is 11.8. The van der Waals surface area contributed by atoms with Crippen LogP contribution in [-0.2, 0) is 4.79 Å². The molecule has 1 aromatic rings. The van der Waals surface area contributed by atoms with Crippen molar-refractivity contribution in [3.63, 3.8) is 0 Å². The van der Waals surface area contributed by atoms with Crippen LogP contribution in [0, 0.1) is 6.92 Å². The van der Waals surface area contributed by atoms with E-state index in [0.29, 0.717) is 6.42 Å². The molecule has 4 heteroatoms. The molecule has 0 spiro atoms. The number of nitrogens with zero attached hydrogens (tertiary/aromatic N) is 1. The summed E-state index contributed by atoms with van der Waals surface area (Å²) in [6, 6.07) is 3.69. The minimum absolute atomic E-state index is 0.110. The Balaban J connectivity index is 2.33. The highest BCUT2D eigenvalue weighted by Crippen LogP contribution is 2.34. The molecule has 1 aliphatic heterocycles. The molecule has 0 aromatic carbocycles. The molecule has 1 saturated heterocycles. The van der Waals surface area contributed by atoms with E-state index in [1.807, 2.05) is 37.8 Å². The van der Waals surface area contributed by atoms with Crippen LogP contribution in [0.2, 0.25) is 0 Å². The molecule has 1 fully saturated rings. The number of amides is 1. The highest BCUT2D eigenvalue weighted by atomic mass is 16.3. The van der Waals surface area contributed by atoms with Crippen LogP contribution in [0.5, 0.6) is 0 Å². The first-order chi connectivity index (χ1) is 7.50. The molecule has 2 N–H and O–H groups in total. The zero-order chi connectivity index (χ0) is 11.9. The summed E-state index contributed by atoms with van der Waals surface area (Å²) in [6.07, 6.45) is 0.405. The third-order valence-electron chi connectivity index (χ3n) is 3.01. The van der Waals surface area contributed by atoms with Gasteiger partial charge in [-0.3, -0.25) is 4.79 Å². The average molecular weight is 222 g/mol. The molecule has 0 radical (unpaired) electrons. The zero-order valence-electron chi connectivity index (χ0n) is 9.93. The summed E-state index contributed by atoms with van der Waals surface area (Å²) in [5.74, 6) is 1.76. The Morgan fingerprint density at radius 3 is 2.69 bits per heavy atom. The van der Waals surface area contributed by atoms with Gasteiger partial charge < -0.3 is 15.1 Å². The van der Waals surface area contributed by atoms with Crippen molar-refractivity contribution in [2.24, 2.45) is 5.73 Å². The molecule has 0 unspecified atom stereocenters. The lowest BCUT2D eigenvalue weighted by Crippen LogP contribution is -2.37. The standard InChI is InChI=1S/C12H18N2O2/c1-7(2)14-11(15)6-9(13)12(14)10-5-4-8(3)16-10/h4-5,7,9,12H,6,13H2,1-3H3/t9-,12-/m0/s1. The maximum Gasteiger partial charge on any atom is 0.225 e. The van der Waals surface area contributed by atoms with Gasteiger partial charge in [-0.1, -0.05) is 0 Å². The first-order valence-corrected chi connectivity index (χ1v) is 5.63. The lowest BCUT2D eigenvalue weighted by molar-refractivity contribution is -0.130. The fraction of sp³-hybridized carbons (Fsp3) is 0.583. The predicted octanol–water partition coefficient (Wildman–Crippen LogP) is 1.60. The topological polar surface area (TPSA) is 59.5 Å². The van der Waals surface area contributed by atoms with Gasteiger partial charge in [0.2, 0.25) is 5.91 Å². The van der Waals surface area contributed by atoms with Gasteiger partial charge in [-0.25, -0.2) is 0 Å². The largest absolute Gasteiger partial charge is 0.464 e. The highest BCUT2D eigenvalue weighted by molar-refractivity contribution is 5.80. The number of furan rings is 1. The second-order valence-electron chi connectivity index (χ2n) is 4.66. The second-order valence-corrected chi connectivity index (χ2v) is 4.66. The Labute approximate surface area is 95.4 Å². The van der Waals surface area contributed by atoms with Gasteiger partial charge in [-0.2, -0.15) is 0 Å². The molecular formula is C12H18N2O2. The monoisotopic (exact) mass is 222 g/mol. The van der Waals surface area contributed by atoms with Crippen LogP contribution in [0.4, 0.5) is 0 Å². The molecular weight excluding hydrogens is 204 g/mol. The quantitative estimate of drug-likeness (QED) is 0.826. The van der Waals surface area contributed by atoms with Gasteiger partial charge in [0.05, 0.1) is 0 Å². The van der Waals surface area contributed by atoms with Crippen molar-refractivity contribution < 1.29 is 9.21 Å². The molecule has 0 saturated carbocycles. The van der Waals surface area contributed by atoms with E-state index in [2.05, 4.69) is 0 Å². The van der Waals surface area contributed by atoms with E-state index in [4.69, 9.17) is 10.2 Å². The minimum Gasteiger partial charge on any atom is -0.464 e. The number of likely N-dealkylation sites (tertiary alicyclic amines) is 1. The molecule has 1 aromatic heterocycles. The molecule has 1 aliphatic rings. The molecule has 88 valence electrons. The Hall–Kier alpha value is -1.29. The number of rotatable bonds is 2. The number of aryl methyl sites for hydroxylation is 1. The lowest BCUT2D eigenvalue weighted by atomic mass is 10.1. The van der Waals surface area contributed by atoms with Crippen molar-refractivity contribution in [2.45, 2.75) is 45.3 Å². The van der Waals surface area contributed by atoms with Crippen LogP contribution in [0.25, 0.3) is 0 Å². The summed E-state index contributed by atoms with van der Waals surface area (Å²) in [7, 11) is 0. The first kappa shape index (κ1) is 11.2. The fourth-order valence-corrected chi connectivity index (χ4v) is 2.35. The van der Waals surface area contributed by atoms with Crippen molar-refractivity contribution >= 4 is 5.91 Å². The summed E-state index contributed by atoms with van der Waals surface area (Å²) in [4.78, 5) is 13.6. The Bertz CT molecular complexity index is 397. The van der Waals surface area contributed by atoms with E-state index in [1.165, 1.54) is 0 Å². The van der Waals surface area contributed by atoms with Crippen molar-refractivity contribution in [3.8, 4) is 0 Å². The molecule has 2 atom stereocenters. The van der Waals surface area contributed by atoms with Crippen LogP contribution in [0.15, 0.2) is 16.5 Å². The van der Waals surface area contributed by atoms with E-state index in [0.717, 1.165) is 11.5 Å². The lowest BCUT2D eigenvalue weighted by Gasteiger charge is -2.28. The average Bonchev–Trinajstić information content (AvgIpc) is 2.69. The zero-order valence-corrected chi connectivity index (χ0v) is 9.93. The molecule has 16 heavy (non-hydrogen) atoms. The SMILES string of the molecule is Cc1ccc([C@@H]2[C@@H](N)CC(=O)N2C(C)C)o1. The van der Waals surface area contributed by atoms with Gasteiger partial charge in [-0.05, 0) is 32.9 Å². The summed E-state index contributed by atoms with van der Waals surface area (Å²) < 4.78 is 5.59. The van der Waals surface area contributed by atoms with Crippen molar-refractivity contribution in [1.82, 2.24) is 4.90 Å². The van der Waals surface area contributed by atoms with Gasteiger partial charge in [0.1, 0.15) is 17.6 Å². The second kappa shape index (κ2) is 3.94. The summed E-state index contributed by atoms with van der Waals surface area (Å²) in [6.45, 7) is 5.89. The van der Waals surface area contributed by atoms with Gasteiger partial charge in [0.15, 0.2) is 0 Å². The van der Waals surface area contributed by atoms with Crippen molar-refractivity contribution in [3.05, 3.63) is 23.7 Å². The number of hydrogen-bond donors (Lipinski definition) is 1. The molecule has 0 aliphatic carbocycles. The van der Waals surface area contributed by atoms with Crippen LogP contribution in [0.1, 0.15) is 37.8 Å². The predicted molar refractivity (Wildman–Crippen MR) is 60.8 cm³/mol. The molecule has 1 amide bonds. The van der Waals surface area contributed by atoms with E-state index in [1.54, 1.807) is 0 Å². The molecule has 4 nitrogen and oxygen atoms in total. The van der Waals surface area contributed by atoms with E-state index >= 15 is 0 Å². The number of carbonyl (C=O) groups excluding carboxylic acids is 1. The van der Waals surface area contributed by atoms with Gasteiger partial charge in [0, 0.05) is 18.5 Å². The summed E-state index contributed by atoms with van der Waals surface area (Å²) in [5.41, 5.74) is 6.02. The maximum absolute atomic E-state index is 11.8. The fourth-order valence-electron chi connectivity index (χ4n) is 2.35. The van der Waals surface area contributed by atoms with Crippen LogP contribution in [-0.4, -0.2) is 22.9 Å². The van der Waals surface area contributed by atoms with Gasteiger partial charge in [0.25, 0.3) is 0 Å². The molecule has 2 rings (SSSR count). The highest BCUT2D eigenvalue weighted by Gasteiger charge is 2.41. The summed E-state index contributed by atoms with van der Waals surface area (Å²) >= 11 is 0. The third kappa shape index (κ3) is 1.73. The number of carbonyl (C=O) groups is 1. The molecule has 2 heterocycles. The Morgan fingerprint density at radius 1 is 1.50 bits per heavy atom. The molecule has 0 bridgehead atoms.